The minimum atomic E-state index is -4.92. The van der Waals surface area contributed by atoms with Crippen LogP contribution in [0.4, 0.5) is 23.5 Å². The SMILES string of the molecule is O=C(NCc1cc(OC(F)(F)F)ccc1F)c1ccnc(NC(=O)C2CC2)n1. The maximum absolute atomic E-state index is 13.8. The summed E-state index contributed by atoms with van der Waals surface area (Å²) in [6.45, 7) is -0.395. The van der Waals surface area contributed by atoms with Crippen LogP contribution < -0.4 is 15.4 Å². The predicted octanol–water partition coefficient (Wildman–Crippen LogP) is 2.79. The van der Waals surface area contributed by atoms with Crippen LogP contribution in [0.25, 0.3) is 0 Å². The molecule has 7 nitrogen and oxygen atoms in total. The molecule has 1 saturated carbocycles. The molecule has 2 amide bonds. The highest BCUT2D eigenvalue weighted by Gasteiger charge is 2.31. The molecule has 148 valence electrons. The molecule has 2 N–H and O–H groups in total. The number of rotatable bonds is 6. The second-order valence-electron chi connectivity index (χ2n) is 6.01. The number of aromatic nitrogens is 2. The van der Waals surface area contributed by atoms with Gasteiger partial charge in [0, 0.05) is 24.2 Å². The lowest BCUT2D eigenvalue weighted by atomic mass is 10.2. The summed E-state index contributed by atoms with van der Waals surface area (Å²) >= 11 is 0. The van der Waals surface area contributed by atoms with E-state index in [4.69, 9.17) is 0 Å². The van der Waals surface area contributed by atoms with E-state index in [1.807, 2.05) is 0 Å². The fraction of sp³-hybridized carbons (Fsp3) is 0.294. The topological polar surface area (TPSA) is 93.2 Å². The van der Waals surface area contributed by atoms with Crippen LogP contribution in [0.1, 0.15) is 28.9 Å². The molecule has 1 heterocycles. The van der Waals surface area contributed by atoms with Gasteiger partial charge in [0.2, 0.25) is 11.9 Å². The zero-order valence-electron chi connectivity index (χ0n) is 14.2. The zero-order valence-corrected chi connectivity index (χ0v) is 14.2. The largest absolute Gasteiger partial charge is 0.573 e. The summed E-state index contributed by atoms with van der Waals surface area (Å²) in [7, 11) is 0. The van der Waals surface area contributed by atoms with Crippen LogP contribution in [0.15, 0.2) is 30.5 Å². The molecular formula is C17H14F4N4O3. The summed E-state index contributed by atoms with van der Waals surface area (Å²) in [6.07, 6.45) is -2.08. The van der Waals surface area contributed by atoms with Crippen LogP contribution in [0.3, 0.4) is 0 Å². The van der Waals surface area contributed by atoms with E-state index in [9.17, 15) is 27.2 Å². The van der Waals surface area contributed by atoms with E-state index in [2.05, 4.69) is 25.3 Å². The van der Waals surface area contributed by atoms with Gasteiger partial charge in [0.25, 0.3) is 5.91 Å². The molecule has 11 heteroatoms. The summed E-state index contributed by atoms with van der Waals surface area (Å²) in [5.41, 5.74) is -0.296. The van der Waals surface area contributed by atoms with E-state index in [0.29, 0.717) is 0 Å². The van der Waals surface area contributed by atoms with Crippen molar-refractivity contribution in [1.82, 2.24) is 15.3 Å². The Morgan fingerprint density at radius 2 is 1.96 bits per heavy atom. The van der Waals surface area contributed by atoms with Crippen LogP contribution in [-0.4, -0.2) is 28.1 Å². The van der Waals surface area contributed by atoms with E-state index >= 15 is 0 Å². The number of nitrogens with zero attached hydrogens (tertiary/aromatic N) is 2. The molecule has 0 saturated heterocycles. The number of carbonyl (C=O) groups is 2. The molecule has 0 unspecified atom stereocenters. The van der Waals surface area contributed by atoms with Gasteiger partial charge in [0.1, 0.15) is 17.3 Å². The molecule has 1 aliphatic carbocycles. The number of halogens is 4. The minimum absolute atomic E-state index is 0.0451. The van der Waals surface area contributed by atoms with Crippen molar-refractivity contribution >= 4 is 17.8 Å². The lowest BCUT2D eigenvalue weighted by Gasteiger charge is -2.11. The van der Waals surface area contributed by atoms with Gasteiger partial charge in [-0.15, -0.1) is 13.2 Å². The fourth-order valence-corrected chi connectivity index (χ4v) is 2.25. The highest BCUT2D eigenvalue weighted by Crippen LogP contribution is 2.29. The standard InChI is InChI=1S/C17H14F4N4O3/c18-12-4-3-11(28-17(19,20)21)7-10(12)8-23-15(27)13-5-6-22-16(24-13)25-14(26)9-1-2-9/h3-7,9H,1-2,8H2,(H,23,27)(H,22,24,25,26). The first-order chi connectivity index (χ1) is 13.2. The number of alkyl halides is 3. The minimum Gasteiger partial charge on any atom is -0.406 e. The van der Waals surface area contributed by atoms with Crippen molar-refractivity contribution in [2.24, 2.45) is 5.92 Å². The Morgan fingerprint density at radius 3 is 2.64 bits per heavy atom. The molecule has 1 aromatic heterocycles. The molecule has 0 bridgehead atoms. The number of nitrogens with one attached hydrogen (secondary N) is 2. The van der Waals surface area contributed by atoms with Gasteiger partial charge in [-0.05, 0) is 37.1 Å². The Balaban J connectivity index is 1.63. The molecule has 0 spiro atoms. The third kappa shape index (κ3) is 5.38. The first-order valence-electron chi connectivity index (χ1n) is 8.17. The summed E-state index contributed by atoms with van der Waals surface area (Å²) in [5, 5.41) is 4.83. The predicted molar refractivity (Wildman–Crippen MR) is 87.6 cm³/mol. The van der Waals surface area contributed by atoms with E-state index in [1.165, 1.54) is 12.3 Å². The smallest absolute Gasteiger partial charge is 0.406 e. The van der Waals surface area contributed by atoms with Gasteiger partial charge in [0.15, 0.2) is 0 Å². The molecule has 28 heavy (non-hydrogen) atoms. The van der Waals surface area contributed by atoms with E-state index in [0.717, 1.165) is 31.0 Å². The third-order valence-electron chi connectivity index (χ3n) is 3.76. The average Bonchev–Trinajstić information content (AvgIpc) is 3.46. The lowest BCUT2D eigenvalue weighted by molar-refractivity contribution is -0.274. The van der Waals surface area contributed by atoms with Crippen molar-refractivity contribution < 1.29 is 31.9 Å². The molecule has 0 radical (unpaired) electrons. The Kier molecular flexibility index (Phi) is 5.43. The highest BCUT2D eigenvalue weighted by atomic mass is 19.4. The molecule has 1 aromatic carbocycles. The number of anilines is 1. The molecule has 2 aromatic rings. The monoisotopic (exact) mass is 398 g/mol. The van der Waals surface area contributed by atoms with Crippen LogP contribution in [0.2, 0.25) is 0 Å². The number of hydrogen-bond acceptors (Lipinski definition) is 5. The summed E-state index contributed by atoms with van der Waals surface area (Å²) in [6, 6.07) is 3.75. The molecular weight excluding hydrogens is 384 g/mol. The van der Waals surface area contributed by atoms with E-state index in [1.54, 1.807) is 0 Å². The van der Waals surface area contributed by atoms with Gasteiger partial charge >= 0.3 is 6.36 Å². The van der Waals surface area contributed by atoms with Gasteiger partial charge in [0.05, 0.1) is 0 Å². The van der Waals surface area contributed by atoms with Crippen molar-refractivity contribution in [3.05, 3.63) is 47.5 Å². The first kappa shape index (κ1) is 19.5. The van der Waals surface area contributed by atoms with Gasteiger partial charge in [-0.2, -0.15) is 0 Å². The number of carbonyl (C=O) groups excluding carboxylic acids is 2. The molecule has 1 aliphatic rings. The van der Waals surface area contributed by atoms with Crippen LogP contribution in [0.5, 0.6) is 5.75 Å². The van der Waals surface area contributed by atoms with Crippen molar-refractivity contribution in [2.45, 2.75) is 25.7 Å². The third-order valence-corrected chi connectivity index (χ3v) is 3.76. The Hall–Kier alpha value is -3.24. The van der Waals surface area contributed by atoms with Gasteiger partial charge in [-0.25, -0.2) is 14.4 Å². The van der Waals surface area contributed by atoms with Gasteiger partial charge in [-0.1, -0.05) is 0 Å². The van der Waals surface area contributed by atoms with Gasteiger partial charge < -0.3 is 10.1 Å². The Morgan fingerprint density at radius 1 is 1.21 bits per heavy atom. The maximum Gasteiger partial charge on any atom is 0.573 e. The van der Waals surface area contributed by atoms with Crippen LogP contribution in [-0.2, 0) is 11.3 Å². The van der Waals surface area contributed by atoms with Crippen molar-refractivity contribution in [3.63, 3.8) is 0 Å². The second-order valence-corrected chi connectivity index (χ2v) is 6.01. The van der Waals surface area contributed by atoms with Crippen molar-refractivity contribution in [3.8, 4) is 5.75 Å². The van der Waals surface area contributed by atoms with Gasteiger partial charge in [-0.3, -0.25) is 14.9 Å². The van der Waals surface area contributed by atoms with Crippen LogP contribution in [0, 0.1) is 11.7 Å². The number of hydrogen-bond donors (Lipinski definition) is 2. The number of benzene rings is 1. The van der Waals surface area contributed by atoms with E-state index in [-0.39, 0.29) is 29.0 Å². The Labute approximate surface area is 156 Å². The molecule has 0 atom stereocenters. The number of ether oxygens (including phenoxy) is 1. The normalized spacial score (nSPS) is 13.7. The Bertz CT molecular complexity index is 900. The van der Waals surface area contributed by atoms with Crippen molar-refractivity contribution in [1.29, 1.82) is 0 Å². The average molecular weight is 398 g/mol. The maximum atomic E-state index is 13.8. The van der Waals surface area contributed by atoms with Crippen LogP contribution >= 0.6 is 0 Å². The quantitative estimate of drug-likeness (QED) is 0.730. The molecule has 3 rings (SSSR count). The molecule has 0 aliphatic heterocycles. The fourth-order valence-electron chi connectivity index (χ4n) is 2.25. The lowest BCUT2D eigenvalue weighted by Crippen LogP contribution is -2.25. The van der Waals surface area contributed by atoms with Crippen molar-refractivity contribution in [2.75, 3.05) is 5.32 Å². The summed E-state index contributed by atoms with van der Waals surface area (Å²) < 4.78 is 54.3. The number of amides is 2. The summed E-state index contributed by atoms with van der Waals surface area (Å²) in [4.78, 5) is 31.6. The van der Waals surface area contributed by atoms with E-state index < -0.39 is 30.4 Å². The second kappa shape index (κ2) is 7.79. The first-order valence-corrected chi connectivity index (χ1v) is 8.17. The zero-order chi connectivity index (χ0) is 20.3. The highest BCUT2D eigenvalue weighted by molar-refractivity contribution is 5.94. The molecule has 1 fully saturated rings. The summed E-state index contributed by atoms with van der Waals surface area (Å²) in [5.74, 6) is -2.49.